The van der Waals surface area contributed by atoms with E-state index in [4.69, 9.17) is 4.42 Å². The highest BCUT2D eigenvalue weighted by atomic mass is 32.2. The van der Waals surface area contributed by atoms with Crippen molar-refractivity contribution in [1.82, 2.24) is 14.9 Å². The van der Waals surface area contributed by atoms with Gasteiger partial charge in [-0.15, -0.1) is 11.3 Å². The number of carbonyl (C=O) groups is 1. The number of aromatic nitrogens is 2. The predicted molar refractivity (Wildman–Crippen MR) is 130 cm³/mol. The Balaban J connectivity index is 1.17. The van der Waals surface area contributed by atoms with Crippen molar-refractivity contribution in [1.29, 1.82) is 0 Å². The Labute approximate surface area is 207 Å². The van der Waals surface area contributed by atoms with Crippen molar-refractivity contribution in [2.24, 2.45) is 0 Å². The number of nitrogens with zero attached hydrogens (tertiary/aromatic N) is 4. The minimum atomic E-state index is -4.38. The van der Waals surface area contributed by atoms with Gasteiger partial charge in [-0.25, -0.2) is 9.97 Å². The summed E-state index contributed by atoms with van der Waals surface area (Å²) in [6.07, 6.45) is -4.38. The number of rotatable bonds is 5. The van der Waals surface area contributed by atoms with E-state index in [0.717, 1.165) is 33.8 Å². The Morgan fingerprint density at radius 2 is 1.91 bits per heavy atom. The average Bonchev–Trinajstić information content (AvgIpc) is 3.48. The molecule has 1 aliphatic rings. The SMILES string of the molecule is Cc1ccc2oc(SCc3nc(C(=O)N4CCN(c5cccc(C(F)(F)F)c5)CC4)cs3)nc2c1. The van der Waals surface area contributed by atoms with Crippen molar-refractivity contribution in [2.75, 3.05) is 31.1 Å². The van der Waals surface area contributed by atoms with Gasteiger partial charge in [0.15, 0.2) is 5.58 Å². The van der Waals surface area contributed by atoms with Crippen LogP contribution in [-0.4, -0.2) is 47.0 Å². The monoisotopic (exact) mass is 518 g/mol. The van der Waals surface area contributed by atoms with Crippen LogP contribution in [0.4, 0.5) is 18.9 Å². The summed E-state index contributed by atoms with van der Waals surface area (Å²) in [5.74, 6) is 0.367. The molecule has 0 spiro atoms. The molecule has 1 amide bonds. The maximum atomic E-state index is 13.0. The molecule has 11 heteroatoms. The lowest BCUT2D eigenvalue weighted by molar-refractivity contribution is -0.137. The first-order chi connectivity index (χ1) is 16.8. The highest BCUT2D eigenvalue weighted by Crippen LogP contribution is 2.32. The lowest BCUT2D eigenvalue weighted by atomic mass is 10.1. The second-order valence-corrected chi connectivity index (χ2v) is 10.1. The molecule has 0 atom stereocenters. The average molecular weight is 519 g/mol. The molecule has 0 radical (unpaired) electrons. The molecule has 2 aromatic carbocycles. The van der Waals surface area contributed by atoms with Crippen LogP contribution in [0, 0.1) is 6.92 Å². The lowest BCUT2D eigenvalue weighted by Crippen LogP contribution is -2.49. The van der Waals surface area contributed by atoms with Gasteiger partial charge in [0.2, 0.25) is 0 Å². The van der Waals surface area contributed by atoms with E-state index in [2.05, 4.69) is 9.97 Å². The zero-order valence-electron chi connectivity index (χ0n) is 18.7. The number of thiazole rings is 1. The molecule has 2 aromatic heterocycles. The van der Waals surface area contributed by atoms with Gasteiger partial charge < -0.3 is 14.2 Å². The first kappa shape index (κ1) is 23.7. The van der Waals surface area contributed by atoms with Gasteiger partial charge in [-0.1, -0.05) is 23.9 Å². The molecule has 0 aliphatic carbocycles. The lowest BCUT2D eigenvalue weighted by Gasteiger charge is -2.36. The van der Waals surface area contributed by atoms with Crippen LogP contribution < -0.4 is 4.90 Å². The number of aryl methyl sites for hydroxylation is 1. The van der Waals surface area contributed by atoms with Gasteiger partial charge in [0, 0.05) is 37.2 Å². The molecular formula is C24H21F3N4O2S2. The molecular weight excluding hydrogens is 497 g/mol. The fourth-order valence-electron chi connectivity index (χ4n) is 3.89. The third-order valence-electron chi connectivity index (χ3n) is 5.72. The predicted octanol–water partition coefficient (Wildman–Crippen LogP) is 5.87. The minimum Gasteiger partial charge on any atom is -0.431 e. The number of anilines is 1. The standard InChI is InChI=1S/C24H21F3N4O2S2/c1-15-5-6-20-18(11-15)29-23(33-20)35-14-21-28-19(13-34-21)22(32)31-9-7-30(8-10-31)17-4-2-3-16(12-17)24(25,26)27/h2-6,11-13H,7-10,14H2,1H3. The molecule has 0 saturated carbocycles. The zero-order chi connectivity index (χ0) is 24.6. The van der Waals surface area contributed by atoms with E-state index < -0.39 is 11.7 Å². The van der Waals surface area contributed by atoms with E-state index in [-0.39, 0.29) is 5.91 Å². The van der Waals surface area contributed by atoms with Crippen LogP contribution in [0.2, 0.25) is 0 Å². The van der Waals surface area contributed by atoms with Crippen LogP contribution in [0.3, 0.4) is 0 Å². The Morgan fingerprint density at radius 1 is 1.11 bits per heavy atom. The molecule has 0 unspecified atom stereocenters. The molecule has 182 valence electrons. The van der Waals surface area contributed by atoms with Crippen LogP contribution in [0.25, 0.3) is 11.1 Å². The van der Waals surface area contributed by atoms with E-state index in [1.807, 2.05) is 30.0 Å². The molecule has 1 aliphatic heterocycles. The minimum absolute atomic E-state index is 0.168. The first-order valence-corrected chi connectivity index (χ1v) is 12.8. The number of thioether (sulfide) groups is 1. The number of hydrogen-bond donors (Lipinski definition) is 0. The molecule has 6 nitrogen and oxygen atoms in total. The molecule has 3 heterocycles. The maximum Gasteiger partial charge on any atom is 0.416 e. The van der Waals surface area contributed by atoms with Crippen molar-refractivity contribution < 1.29 is 22.4 Å². The van der Waals surface area contributed by atoms with Gasteiger partial charge in [-0.05, 0) is 42.8 Å². The number of fused-ring (bicyclic) bond motifs is 1. The van der Waals surface area contributed by atoms with Crippen molar-refractivity contribution in [3.63, 3.8) is 0 Å². The van der Waals surface area contributed by atoms with Crippen molar-refractivity contribution >= 4 is 45.8 Å². The Bertz CT molecular complexity index is 1360. The topological polar surface area (TPSA) is 62.5 Å². The van der Waals surface area contributed by atoms with Crippen molar-refractivity contribution in [3.8, 4) is 0 Å². The van der Waals surface area contributed by atoms with E-state index in [1.54, 1.807) is 16.3 Å². The fraction of sp³-hybridized carbons (Fsp3) is 0.292. The van der Waals surface area contributed by atoms with Crippen molar-refractivity contribution in [3.05, 3.63) is 69.7 Å². The second-order valence-electron chi connectivity index (χ2n) is 8.19. The molecule has 0 N–H and O–H groups in total. The summed E-state index contributed by atoms with van der Waals surface area (Å²) in [7, 11) is 0. The second kappa shape index (κ2) is 9.54. The van der Waals surface area contributed by atoms with Gasteiger partial charge in [0.05, 0.1) is 11.3 Å². The van der Waals surface area contributed by atoms with Crippen LogP contribution in [0.5, 0.6) is 0 Å². The number of amides is 1. The molecule has 4 aromatic rings. The van der Waals surface area contributed by atoms with Crippen LogP contribution >= 0.6 is 23.1 Å². The first-order valence-electron chi connectivity index (χ1n) is 10.9. The van der Waals surface area contributed by atoms with E-state index in [0.29, 0.717) is 48.5 Å². The normalized spacial score (nSPS) is 14.6. The summed E-state index contributed by atoms with van der Waals surface area (Å²) in [4.78, 5) is 25.5. The third kappa shape index (κ3) is 5.30. The largest absolute Gasteiger partial charge is 0.431 e. The number of hydrogen-bond acceptors (Lipinski definition) is 7. The molecule has 5 rings (SSSR count). The van der Waals surface area contributed by atoms with Crippen molar-refractivity contribution in [2.45, 2.75) is 24.1 Å². The number of carbonyl (C=O) groups excluding carboxylic acids is 1. The van der Waals surface area contributed by atoms with Crippen LogP contribution in [0.1, 0.15) is 26.6 Å². The number of benzene rings is 2. The number of alkyl halides is 3. The zero-order valence-corrected chi connectivity index (χ0v) is 20.3. The maximum absolute atomic E-state index is 13.0. The van der Waals surface area contributed by atoms with Gasteiger partial charge in [-0.3, -0.25) is 4.79 Å². The highest BCUT2D eigenvalue weighted by molar-refractivity contribution is 7.98. The summed E-state index contributed by atoms with van der Waals surface area (Å²) in [6, 6.07) is 11.1. The molecule has 35 heavy (non-hydrogen) atoms. The smallest absolute Gasteiger partial charge is 0.416 e. The quantitative estimate of drug-likeness (QED) is 0.308. The number of halogens is 3. The van der Waals surface area contributed by atoms with Gasteiger partial charge >= 0.3 is 6.18 Å². The summed E-state index contributed by atoms with van der Waals surface area (Å²) < 4.78 is 44.8. The Morgan fingerprint density at radius 3 is 2.69 bits per heavy atom. The van der Waals surface area contributed by atoms with Crippen LogP contribution in [-0.2, 0) is 11.9 Å². The van der Waals surface area contributed by atoms with Gasteiger partial charge in [0.1, 0.15) is 16.2 Å². The highest BCUT2D eigenvalue weighted by Gasteiger charge is 2.31. The van der Waals surface area contributed by atoms with Gasteiger partial charge in [-0.2, -0.15) is 13.2 Å². The molecule has 1 fully saturated rings. The summed E-state index contributed by atoms with van der Waals surface area (Å²) in [5, 5.41) is 3.09. The summed E-state index contributed by atoms with van der Waals surface area (Å²) >= 11 is 2.83. The van der Waals surface area contributed by atoms with E-state index in [9.17, 15) is 18.0 Å². The fourth-order valence-corrected chi connectivity index (χ4v) is 5.51. The summed E-state index contributed by atoms with van der Waals surface area (Å²) in [5.41, 5.74) is 2.88. The summed E-state index contributed by atoms with van der Waals surface area (Å²) in [6.45, 7) is 3.74. The third-order valence-corrected chi connectivity index (χ3v) is 7.59. The number of oxazole rings is 1. The Hall–Kier alpha value is -3.05. The molecule has 0 bridgehead atoms. The van der Waals surface area contributed by atoms with E-state index in [1.165, 1.54) is 29.2 Å². The molecule has 1 saturated heterocycles. The van der Waals surface area contributed by atoms with Crippen LogP contribution in [0.15, 0.2) is 57.5 Å². The van der Waals surface area contributed by atoms with Gasteiger partial charge in [0.25, 0.3) is 11.1 Å². The number of piperazine rings is 1. The Kier molecular flexibility index (Phi) is 6.45. The van der Waals surface area contributed by atoms with E-state index >= 15 is 0 Å².